The predicted molar refractivity (Wildman–Crippen MR) is 69.7 cm³/mol. The molecule has 0 radical (unpaired) electrons. The Hall–Kier alpha value is -1.04. The number of rotatable bonds is 3. The Morgan fingerprint density at radius 1 is 1.32 bits per heavy atom. The molecule has 19 heavy (non-hydrogen) atoms. The molecule has 0 amide bonds. The number of hydrogen-bond donors (Lipinski definition) is 1. The second-order valence-electron chi connectivity index (χ2n) is 5.13. The van der Waals surface area contributed by atoms with E-state index in [2.05, 4.69) is 4.90 Å². The molecule has 0 unspecified atom stereocenters. The van der Waals surface area contributed by atoms with Gasteiger partial charge < -0.3 is 10.5 Å². The van der Waals surface area contributed by atoms with E-state index >= 15 is 0 Å². The maximum absolute atomic E-state index is 13.9. The van der Waals surface area contributed by atoms with E-state index in [1.54, 1.807) is 0 Å². The van der Waals surface area contributed by atoms with Crippen molar-refractivity contribution in [3.63, 3.8) is 0 Å². The first kappa shape index (κ1) is 14.4. The molecule has 1 aliphatic rings. The Balaban J connectivity index is 2.23. The van der Waals surface area contributed by atoms with E-state index in [9.17, 15) is 8.78 Å². The molecule has 0 aliphatic carbocycles. The van der Waals surface area contributed by atoms with Gasteiger partial charge in [-0.3, -0.25) is 4.90 Å². The average Bonchev–Trinajstić information content (AvgIpc) is 2.31. The van der Waals surface area contributed by atoms with E-state index in [-0.39, 0.29) is 18.2 Å². The van der Waals surface area contributed by atoms with Crippen molar-refractivity contribution in [2.24, 2.45) is 5.73 Å². The van der Waals surface area contributed by atoms with Crippen LogP contribution in [0.2, 0.25) is 0 Å². The van der Waals surface area contributed by atoms with E-state index < -0.39 is 11.6 Å². The zero-order valence-electron chi connectivity index (χ0n) is 11.3. The third-order valence-corrected chi connectivity index (χ3v) is 3.43. The van der Waals surface area contributed by atoms with Crippen molar-refractivity contribution in [3.05, 3.63) is 35.4 Å². The number of nitrogens with two attached hydrogens (primary N) is 1. The molecule has 1 saturated heterocycles. The zero-order valence-corrected chi connectivity index (χ0v) is 11.3. The van der Waals surface area contributed by atoms with Gasteiger partial charge in [0.15, 0.2) is 0 Å². The van der Waals surface area contributed by atoms with Gasteiger partial charge in [-0.1, -0.05) is 6.07 Å². The monoisotopic (exact) mass is 270 g/mol. The van der Waals surface area contributed by atoms with Crippen molar-refractivity contribution in [1.29, 1.82) is 0 Å². The molecule has 0 bridgehead atoms. The summed E-state index contributed by atoms with van der Waals surface area (Å²) in [4.78, 5) is 2.11. The van der Waals surface area contributed by atoms with Crippen LogP contribution in [0.3, 0.4) is 0 Å². The highest BCUT2D eigenvalue weighted by molar-refractivity contribution is 5.23. The lowest BCUT2D eigenvalue weighted by Gasteiger charge is -2.40. The van der Waals surface area contributed by atoms with E-state index in [0.29, 0.717) is 25.2 Å². The Bertz CT molecular complexity index is 431. The molecule has 106 valence electrons. The highest BCUT2D eigenvalue weighted by atomic mass is 19.1. The van der Waals surface area contributed by atoms with Gasteiger partial charge in [-0.25, -0.2) is 8.78 Å². The van der Waals surface area contributed by atoms with Gasteiger partial charge in [-0.05, 0) is 19.9 Å². The number of hydrogen-bond acceptors (Lipinski definition) is 3. The smallest absolute Gasteiger partial charge is 0.130 e. The molecule has 0 saturated carbocycles. The van der Waals surface area contributed by atoms with Crippen molar-refractivity contribution in [2.45, 2.75) is 32.1 Å². The van der Waals surface area contributed by atoms with Gasteiger partial charge in [0.05, 0.1) is 18.2 Å². The van der Waals surface area contributed by atoms with Crippen molar-refractivity contribution in [1.82, 2.24) is 4.90 Å². The molecular weight excluding hydrogens is 250 g/mol. The van der Waals surface area contributed by atoms with Crippen LogP contribution < -0.4 is 5.73 Å². The fraction of sp³-hybridized carbons (Fsp3) is 0.571. The van der Waals surface area contributed by atoms with E-state index in [4.69, 9.17) is 10.5 Å². The molecule has 3 nitrogen and oxygen atoms in total. The number of morpholine rings is 1. The van der Waals surface area contributed by atoms with Crippen LogP contribution in [-0.4, -0.2) is 36.7 Å². The van der Waals surface area contributed by atoms with Crippen LogP contribution in [0.15, 0.2) is 18.2 Å². The van der Waals surface area contributed by atoms with Gasteiger partial charge in [0.2, 0.25) is 0 Å². The quantitative estimate of drug-likeness (QED) is 0.914. The molecule has 1 heterocycles. The van der Waals surface area contributed by atoms with Gasteiger partial charge in [0.1, 0.15) is 11.6 Å². The highest BCUT2D eigenvalue weighted by Gasteiger charge is 2.29. The Morgan fingerprint density at radius 2 is 1.95 bits per heavy atom. The maximum Gasteiger partial charge on any atom is 0.130 e. The Labute approximate surface area is 112 Å². The first-order valence-corrected chi connectivity index (χ1v) is 6.55. The van der Waals surface area contributed by atoms with E-state index in [1.165, 1.54) is 12.1 Å². The molecule has 2 rings (SSSR count). The van der Waals surface area contributed by atoms with Crippen LogP contribution in [0.1, 0.15) is 25.5 Å². The molecule has 0 spiro atoms. The summed E-state index contributed by atoms with van der Waals surface area (Å²) in [7, 11) is 0. The summed E-state index contributed by atoms with van der Waals surface area (Å²) in [5.41, 5.74) is 6.24. The zero-order chi connectivity index (χ0) is 14.0. The Morgan fingerprint density at radius 3 is 2.47 bits per heavy atom. The molecule has 0 aromatic heterocycles. The number of benzene rings is 1. The van der Waals surface area contributed by atoms with Crippen LogP contribution in [0, 0.1) is 11.6 Å². The molecule has 5 heteroatoms. The van der Waals surface area contributed by atoms with Gasteiger partial charge >= 0.3 is 0 Å². The standard InChI is InChI=1S/C14H20F2N2O/c1-9-7-18(8-10(2)19-9)14(6-17)12-4-3-11(15)5-13(12)16/h3-5,9-10,14H,6-8,17H2,1-2H3/t9-,10+,14-/m1/s1. The molecule has 2 N–H and O–H groups in total. The van der Waals surface area contributed by atoms with Crippen molar-refractivity contribution >= 4 is 0 Å². The van der Waals surface area contributed by atoms with Crippen LogP contribution in [0.4, 0.5) is 8.78 Å². The second-order valence-corrected chi connectivity index (χ2v) is 5.13. The van der Waals surface area contributed by atoms with Gasteiger partial charge in [0, 0.05) is 31.3 Å². The fourth-order valence-corrected chi connectivity index (χ4v) is 2.72. The van der Waals surface area contributed by atoms with Crippen LogP contribution in [0.5, 0.6) is 0 Å². The molecule has 3 atom stereocenters. The van der Waals surface area contributed by atoms with Crippen molar-refractivity contribution in [3.8, 4) is 0 Å². The minimum Gasteiger partial charge on any atom is -0.373 e. The molecular formula is C14H20F2N2O. The molecule has 1 fully saturated rings. The van der Waals surface area contributed by atoms with Gasteiger partial charge in [-0.15, -0.1) is 0 Å². The largest absolute Gasteiger partial charge is 0.373 e. The SMILES string of the molecule is C[C@@H]1CN([C@H](CN)c2ccc(F)cc2F)C[C@H](C)O1. The number of ether oxygens (including phenoxy) is 1. The van der Waals surface area contributed by atoms with Crippen LogP contribution in [0.25, 0.3) is 0 Å². The normalized spacial score (nSPS) is 26.4. The summed E-state index contributed by atoms with van der Waals surface area (Å²) in [6, 6.07) is 3.42. The summed E-state index contributed by atoms with van der Waals surface area (Å²) >= 11 is 0. The number of halogens is 2. The third kappa shape index (κ3) is 3.29. The lowest BCUT2D eigenvalue weighted by Crippen LogP contribution is -2.48. The average molecular weight is 270 g/mol. The summed E-state index contributed by atoms with van der Waals surface area (Å²) < 4.78 is 32.5. The fourth-order valence-electron chi connectivity index (χ4n) is 2.72. The highest BCUT2D eigenvalue weighted by Crippen LogP contribution is 2.26. The minimum atomic E-state index is -0.569. The molecule has 1 aromatic rings. The second kappa shape index (κ2) is 5.94. The molecule has 1 aromatic carbocycles. The summed E-state index contributed by atoms with van der Waals surface area (Å²) in [5, 5.41) is 0. The summed E-state index contributed by atoms with van der Waals surface area (Å²) in [6.45, 7) is 5.66. The maximum atomic E-state index is 13.9. The van der Waals surface area contributed by atoms with Gasteiger partial charge in [-0.2, -0.15) is 0 Å². The Kier molecular flexibility index (Phi) is 4.50. The predicted octanol–water partition coefficient (Wildman–Crippen LogP) is 2.07. The van der Waals surface area contributed by atoms with E-state index in [1.807, 2.05) is 13.8 Å². The number of nitrogens with zero attached hydrogens (tertiary/aromatic N) is 1. The lowest BCUT2D eigenvalue weighted by atomic mass is 10.0. The first-order valence-electron chi connectivity index (χ1n) is 6.55. The third-order valence-electron chi connectivity index (χ3n) is 3.43. The van der Waals surface area contributed by atoms with Crippen LogP contribution >= 0.6 is 0 Å². The first-order chi connectivity index (χ1) is 9.01. The van der Waals surface area contributed by atoms with E-state index in [0.717, 1.165) is 6.07 Å². The molecule has 1 aliphatic heterocycles. The van der Waals surface area contributed by atoms with Crippen molar-refractivity contribution in [2.75, 3.05) is 19.6 Å². The topological polar surface area (TPSA) is 38.5 Å². The summed E-state index contributed by atoms with van der Waals surface area (Å²) in [5.74, 6) is -1.11. The van der Waals surface area contributed by atoms with Gasteiger partial charge in [0.25, 0.3) is 0 Å². The van der Waals surface area contributed by atoms with Crippen molar-refractivity contribution < 1.29 is 13.5 Å². The lowest BCUT2D eigenvalue weighted by molar-refractivity contribution is -0.0802. The minimum absolute atomic E-state index is 0.0845. The van der Waals surface area contributed by atoms with Crippen LogP contribution in [-0.2, 0) is 4.74 Å². The summed E-state index contributed by atoms with van der Waals surface area (Å²) in [6.07, 6.45) is 0.169.